The van der Waals surface area contributed by atoms with Gasteiger partial charge in [0, 0.05) is 42.4 Å². The monoisotopic (exact) mass is 612 g/mol. The molecule has 2 unspecified atom stereocenters. The van der Waals surface area contributed by atoms with Crippen molar-refractivity contribution in [2.45, 2.75) is 49.2 Å². The molecule has 1 fully saturated rings. The summed E-state index contributed by atoms with van der Waals surface area (Å²) >= 11 is 0.415. The lowest BCUT2D eigenvalue weighted by Gasteiger charge is -2.39. The first-order chi connectivity index (χ1) is 20.7. The number of amides is 2. The quantitative estimate of drug-likeness (QED) is 0.184. The molecular formula is C34H42F2N2O4S. The molecule has 0 radical (unpaired) electrons. The SMILES string of the molecule is C=CC(F)(F)Sc1ccc(C(=O)N2CC(CCCC3CC=c4c(OC)c(C(=O)NCCOC)ccc4=CCC3C)C2)cc1. The minimum atomic E-state index is -3.04. The van der Waals surface area contributed by atoms with E-state index in [0.29, 0.717) is 70.5 Å². The van der Waals surface area contributed by atoms with Crippen LogP contribution in [0.3, 0.4) is 0 Å². The van der Waals surface area contributed by atoms with Crippen molar-refractivity contribution in [3.63, 3.8) is 0 Å². The molecule has 0 bridgehead atoms. The maximum atomic E-state index is 13.5. The van der Waals surface area contributed by atoms with Crippen LogP contribution in [0, 0.1) is 17.8 Å². The fraction of sp³-hybridized carbons (Fsp3) is 0.471. The van der Waals surface area contributed by atoms with Gasteiger partial charge in [0.1, 0.15) is 5.75 Å². The van der Waals surface area contributed by atoms with Crippen molar-refractivity contribution in [1.82, 2.24) is 10.2 Å². The Labute approximate surface area is 257 Å². The van der Waals surface area contributed by atoms with Crippen molar-refractivity contribution in [3.8, 4) is 5.75 Å². The van der Waals surface area contributed by atoms with E-state index in [9.17, 15) is 18.4 Å². The van der Waals surface area contributed by atoms with E-state index in [0.717, 1.165) is 55.6 Å². The van der Waals surface area contributed by atoms with Gasteiger partial charge in [0.15, 0.2) is 0 Å². The van der Waals surface area contributed by atoms with Gasteiger partial charge in [0.2, 0.25) is 0 Å². The standard InChI is InChI=1S/C34H42F2N2O4S/c1-5-34(35,36)43-28-15-11-27(12-16-28)33(40)38-21-24(22-38)7-6-8-25-13-17-29-26(10-9-23(25)2)14-18-30(31(29)42-4)32(39)37-19-20-41-3/h5,10-12,14-18,23-25H,1,6-9,13,19-22H2,2-4H3,(H,37,39). The molecule has 43 heavy (non-hydrogen) atoms. The lowest BCUT2D eigenvalue weighted by atomic mass is 9.81. The largest absolute Gasteiger partial charge is 0.495 e. The minimum Gasteiger partial charge on any atom is -0.495 e. The van der Waals surface area contributed by atoms with Gasteiger partial charge in [0.25, 0.3) is 11.8 Å². The van der Waals surface area contributed by atoms with E-state index < -0.39 is 5.25 Å². The third kappa shape index (κ3) is 8.48. The molecule has 0 aromatic heterocycles. The Morgan fingerprint density at radius 1 is 1.09 bits per heavy atom. The first-order valence-corrected chi connectivity index (χ1v) is 15.7. The molecule has 2 atom stereocenters. The molecule has 2 aliphatic rings. The third-order valence-electron chi connectivity index (χ3n) is 8.43. The summed E-state index contributed by atoms with van der Waals surface area (Å²) < 4.78 is 37.9. The maximum Gasteiger partial charge on any atom is 0.316 e. The second-order valence-electron chi connectivity index (χ2n) is 11.4. The summed E-state index contributed by atoms with van der Waals surface area (Å²) in [4.78, 5) is 27.9. The Morgan fingerprint density at radius 2 is 1.84 bits per heavy atom. The lowest BCUT2D eigenvalue weighted by molar-refractivity contribution is 0.0477. The second-order valence-corrected chi connectivity index (χ2v) is 12.6. The molecule has 4 rings (SSSR count). The van der Waals surface area contributed by atoms with Crippen LogP contribution in [0.15, 0.2) is 53.9 Å². The molecule has 9 heteroatoms. The normalized spacial score (nSPS) is 18.7. The van der Waals surface area contributed by atoms with Crippen LogP contribution >= 0.6 is 11.8 Å². The predicted molar refractivity (Wildman–Crippen MR) is 168 cm³/mol. The van der Waals surface area contributed by atoms with Gasteiger partial charge >= 0.3 is 5.25 Å². The molecule has 232 valence electrons. The smallest absolute Gasteiger partial charge is 0.316 e. The molecule has 1 aliphatic heterocycles. The van der Waals surface area contributed by atoms with E-state index in [1.807, 2.05) is 17.0 Å². The number of likely N-dealkylation sites (tertiary alicyclic amines) is 1. The highest BCUT2D eigenvalue weighted by Gasteiger charge is 2.31. The molecule has 2 aromatic rings. The number of thioether (sulfide) groups is 1. The molecule has 0 spiro atoms. The number of nitrogens with one attached hydrogen (secondary N) is 1. The minimum absolute atomic E-state index is 0.0542. The van der Waals surface area contributed by atoms with Gasteiger partial charge in [-0.25, -0.2) is 0 Å². The van der Waals surface area contributed by atoms with Crippen molar-refractivity contribution < 1.29 is 27.8 Å². The first-order valence-electron chi connectivity index (χ1n) is 14.9. The molecule has 1 saturated heterocycles. The van der Waals surface area contributed by atoms with Gasteiger partial charge in [-0.1, -0.05) is 38.1 Å². The van der Waals surface area contributed by atoms with Crippen LogP contribution in [0.5, 0.6) is 5.75 Å². The van der Waals surface area contributed by atoms with Crippen LogP contribution in [-0.2, 0) is 4.74 Å². The van der Waals surface area contributed by atoms with Crippen molar-refractivity contribution in [2.24, 2.45) is 17.8 Å². The number of ether oxygens (including phenoxy) is 2. The Kier molecular flexibility index (Phi) is 11.4. The Bertz CT molecular complexity index is 1410. The number of carbonyl (C=O) groups excluding carboxylic acids is 2. The van der Waals surface area contributed by atoms with E-state index in [-0.39, 0.29) is 11.8 Å². The summed E-state index contributed by atoms with van der Waals surface area (Å²) in [6, 6.07) is 10.2. The average molecular weight is 613 g/mol. The van der Waals surface area contributed by atoms with E-state index >= 15 is 0 Å². The number of halogens is 2. The topological polar surface area (TPSA) is 67.9 Å². The Morgan fingerprint density at radius 3 is 2.51 bits per heavy atom. The number of hydrogen-bond acceptors (Lipinski definition) is 5. The van der Waals surface area contributed by atoms with Gasteiger partial charge in [0.05, 0.1) is 19.3 Å². The molecule has 0 saturated carbocycles. The van der Waals surface area contributed by atoms with Gasteiger partial charge in [-0.15, -0.1) is 0 Å². The third-order valence-corrected chi connectivity index (χ3v) is 9.38. The van der Waals surface area contributed by atoms with E-state index in [1.54, 1.807) is 38.5 Å². The molecule has 1 heterocycles. The van der Waals surface area contributed by atoms with E-state index in [1.165, 1.54) is 0 Å². The number of methoxy groups -OCH3 is 2. The Hall–Kier alpha value is -3.17. The van der Waals surface area contributed by atoms with Crippen molar-refractivity contribution in [1.29, 1.82) is 0 Å². The number of nitrogens with zero attached hydrogens (tertiary/aromatic N) is 1. The lowest BCUT2D eigenvalue weighted by Crippen LogP contribution is -2.49. The summed E-state index contributed by atoms with van der Waals surface area (Å²) in [6.07, 6.45) is 10.2. The first kappa shape index (κ1) is 32.7. The summed E-state index contributed by atoms with van der Waals surface area (Å²) in [6.45, 7) is 7.80. The summed E-state index contributed by atoms with van der Waals surface area (Å²) in [7, 11) is 3.21. The van der Waals surface area contributed by atoms with Crippen LogP contribution in [0.4, 0.5) is 8.78 Å². The molecule has 1 N–H and O–H groups in total. The number of alkyl halides is 2. The molecule has 2 aromatic carbocycles. The predicted octanol–water partition coefficient (Wildman–Crippen LogP) is 5.49. The van der Waals surface area contributed by atoms with Crippen LogP contribution in [0.1, 0.15) is 59.7 Å². The number of rotatable bonds is 13. The zero-order valence-corrected chi connectivity index (χ0v) is 26.1. The summed E-state index contributed by atoms with van der Waals surface area (Å²) in [5, 5.41) is 1.92. The fourth-order valence-corrected chi connectivity index (χ4v) is 6.48. The maximum absolute atomic E-state index is 13.5. The Balaban J connectivity index is 1.29. The molecule has 2 amide bonds. The van der Waals surface area contributed by atoms with Gasteiger partial charge in [-0.3, -0.25) is 9.59 Å². The van der Waals surface area contributed by atoms with Crippen LogP contribution in [0.2, 0.25) is 0 Å². The van der Waals surface area contributed by atoms with Crippen LogP contribution < -0.4 is 20.5 Å². The van der Waals surface area contributed by atoms with Gasteiger partial charge in [-0.05, 0) is 96.8 Å². The van der Waals surface area contributed by atoms with E-state index in [4.69, 9.17) is 9.47 Å². The van der Waals surface area contributed by atoms with Gasteiger partial charge < -0.3 is 19.7 Å². The number of carbonyl (C=O) groups is 2. The van der Waals surface area contributed by atoms with Crippen molar-refractivity contribution in [3.05, 3.63) is 70.6 Å². The summed E-state index contributed by atoms with van der Waals surface area (Å²) in [5.41, 5.74) is 1.05. The molecular weight excluding hydrogens is 570 g/mol. The zero-order valence-electron chi connectivity index (χ0n) is 25.2. The number of fused-ring (bicyclic) bond motifs is 1. The highest BCUT2D eigenvalue weighted by atomic mass is 32.2. The molecule has 6 nitrogen and oxygen atoms in total. The van der Waals surface area contributed by atoms with Gasteiger partial charge in [-0.2, -0.15) is 8.78 Å². The highest BCUT2D eigenvalue weighted by molar-refractivity contribution is 8.00. The highest BCUT2D eigenvalue weighted by Crippen LogP contribution is 2.37. The van der Waals surface area contributed by atoms with E-state index in [2.05, 4.69) is 31.0 Å². The average Bonchev–Trinajstić information content (AvgIpc) is 2.97. The van der Waals surface area contributed by atoms with Crippen LogP contribution in [0.25, 0.3) is 12.2 Å². The zero-order chi connectivity index (χ0) is 31.0. The van der Waals surface area contributed by atoms with Crippen molar-refractivity contribution in [2.75, 3.05) is 40.5 Å². The second kappa shape index (κ2) is 15.0. The van der Waals surface area contributed by atoms with Crippen molar-refractivity contribution >= 4 is 35.7 Å². The fourth-order valence-electron chi connectivity index (χ4n) is 5.81. The number of benzene rings is 2. The molecule has 1 aliphatic carbocycles. The van der Waals surface area contributed by atoms with Crippen LogP contribution in [-0.4, -0.2) is 62.4 Å². The number of hydrogen-bond donors (Lipinski definition) is 1. The summed E-state index contributed by atoms with van der Waals surface area (Å²) in [5.74, 6) is 1.90.